The Bertz CT molecular complexity index is 1530. The van der Waals surface area contributed by atoms with Gasteiger partial charge in [-0.1, -0.05) is 32.9 Å². The summed E-state index contributed by atoms with van der Waals surface area (Å²) in [6.07, 6.45) is 3.09. The summed E-state index contributed by atoms with van der Waals surface area (Å²) in [5, 5.41) is 0. The van der Waals surface area contributed by atoms with Crippen molar-refractivity contribution in [3.8, 4) is 0 Å². The van der Waals surface area contributed by atoms with E-state index in [1.165, 1.54) is 46.7 Å². The second-order valence-electron chi connectivity index (χ2n) is 11.9. The van der Waals surface area contributed by atoms with Crippen LogP contribution in [-0.2, 0) is 33.8 Å². The Hall–Kier alpha value is -4.28. The van der Waals surface area contributed by atoms with Crippen LogP contribution in [0.4, 0.5) is 9.18 Å². The summed E-state index contributed by atoms with van der Waals surface area (Å²) in [5.74, 6) is -0.429. The summed E-state index contributed by atoms with van der Waals surface area (Å²) in [5.41, 5.74) is 1.04. The van der Waals surface area contributed by atoms with E-state index in [-0.39, 0.29) is 41.8 Å². The van der Waals surface area contributed by atoms with Gasteiger partial charge in [0, 0.05) is 59.0 Å². The molecule has 0 fully saturated rings. The van der Waals surface area contributed by atoms with E-state index in [2.05, 4.69) is 25.8 Å². The SMILES string of the molecule is CN(C)C(=O)/C=C/CC[C@H](OC(=O)N(C)C)C(=O)Cc1cccn(Cc2nc3cc(F)ccc3n2CC(C)(C)C)c1=O. The van der Waals surface area contributed by atoms with E-state index < -0.39 is 23.8 Å². The number of halogens is 1. The van der Waals surface area contributed by atoms with E-state index in [1.54, 1.807) is 44.6 Å². The normalized spacial score (nSPS) is 12.5. The number of pyridine rings is 1. The lowest BCUT2D eigenvalue weighted by atomic mass is 9.96. The number of fused-ring (bicyclic) bond motifs is 1. The van der Waals surface area contributed by atoms with E-state index in [0.29, 0.717) is 24.3 Å². The van der Waals surface area contributed by atoms with Crippen LogP contribution >= 0.6 is 0 Å². The number of allylic oxidation sites excluding steroid dienone is 1. The molecule has 0 aliphatic rings. The summed E-state index contributed by atoms with van der Waals surface area (Å²) in [4.78, 5) is 58.1. The number of benzene rings is 1. The Morgan fingerprint density at radius 1 is 1.10 bits per heavy atom. The minimum absolute atomic E-state index is 0.107. The molecule has 2 amide bonds. The Morgan fingerprint density at radius 2 is 1.81 bits per heavy atom. The number of likely N-dealkylation sites (N-methyl/N-ethyl adjacent to an activating group) is 1. The molecule has 0 radical (unpaired) electrons. The van der Waals surface area contributed by atoms with E-state index in [9.17, 15) is 23.6 Å². The number of imidazole rings is 1. The first-order valence-electron chi connectivity index (χ1n) is 13.8. The minimum Gasteiger partial charge on any atom is -0.438 e. The number of Topliss-reactive ketones (excluding diaryl/α,β-unsaturated/α-hetero) is 1. The summed E-state index contributed by atoms with van der Waals surface area (Å²) < 4.78 is 22.8. The molecule has 0 aliphatic heterocycles. The van der Waals surface area contributed by atoms with E-state index in [4.69, 9.17) is 4.74 Å². The van der Waals surface area contributed by atoms with Gasteiger partial charge in [-0.25, -0.2) is 14.2 Å². The first-order valence-corrected chi connectivity index (χ1v) is 13.8. The smallest absolute Gasteiger partial charge is 0.409 e. The third-order valence-electron chi connectivity index (χ3n) is 6.46. The Kier molecular flexibility index (Phi) is 10.4. The van der Waals surface area contributed by atoms with Gasteiger partial charge >= 0.3 is 6.09 Å². The first kappa shape index (κ1) is 32.2. The number of ketones is 1. The van der Waals surface area contributed by atoms with Crippen LogP contribution in [0.3, 0.4) is 0 Å². The van der Waals surface area contributed by atoms with Crippen molar-refractivity contribution in [1.29, 1.82) is 0 Å². The van der Waals surface area contributed by atoms with Gasteiger partial charge in [0.1, 0.15) is 11.6 Å². The molecule has 0 aliphatic carbocycles. The quantitative estimate of drug-likeness (QED) is 0.317. The zero-order valence-corrected chi connectivity index (χ0v) is 25.4. The minimum atomic E-state index is -1.10. The summed E-state index contributed by atoms with van der Waals surface area (Å²) in [6.45, 7) is 6.97. The zero-order chi connectivity index (χ0) is 31.2. The molecule has 0 bridgehead atoms. The van der Waals surface area contributed by atoms with Crippen molar-refractivity contribution in [2.24, 2.45) is 5.41 Å². The highest BCUT2D eigenvalue weighted by molar-refractivity contribution is 5.88. The van der Waals surface area contributed by atoms with Gasteiger partial charge in [0.05, 0.1) is 17.6 Å². The maximum Gasteiger partial charge on any atom is 0.409 e. The number of carbonyl (C=O) groups excluding carboxylic acids is 3. The number of amides is 2. The fourth-order valence-electron chi connectivity index (χ4n) is 4.32. The molecule has 2 heterocycles. The average Bonchev–Trinajstić information content (AvgIpc) is 3.21. The number of hydrogen-bond acceptors (Lipinski definition) is 6. The number of carbonyl (C=O) groups is 3. The highest BCUT2D eigenvalue weighted by Gasteiger charge is 2.25. The van der Waals surface area contributed by atoms with E-state index in [1.807, 2.05) is 4.57 Å². The summed E-state index contributed by atoms with van der Waals surface area (Å²) >= 11 is 0. The monoisotopic (exact) mass is 581 g/mol. The highest BCUT2D eigenvalue weighted by Crippen LogP contribution is 2.24. The number of rotatable bonds is 11. The van der Waals surface area contributed by atoms with Crippen molar-refractivity contribution in [1.82, 2.24) is 23.9 Å². The van der Waals surface area contributed by atoms with Crippen LogP contribution in [0.25, 0.3) is 11.0 Å². The number of nitrogens with zero attached hydrogens (tertiary/aromatic N) is 5. The molecule has 0 spiro atoms. The fraction of sp³-hybridized carbons (Fsp3) is 0.452. The van der Waals surface area contributed by atoms with Crippen molar-refractivity contribution in [2.75, 3.05) is 28.2 Å². The number of hydrogen-bond donors (Lipinski definition) is 0. The van der Waals surface area contributed by atoms with Gasteiger partial charge in [-0.05, 0) is 42.5 Å². The maximum atomic E-state index is 13.9. The predicted octanol–water partition coefficient (Wildman–Crippen LogP) is 4.03. The predicted molar refractivity (Wildman–Crippen MR) is 159 cm³/mol. The van der Waals surface area contributed by atoms with Crippen LogP contribution < -0.4 is 5.56 Å². The van der Waals surface area contributed by atoms with Crippen LogP contribution in [0.15, 0.2) is 53.5 Å². The number of aromatic nitrogens is 3. The van der Waals surface area contributed by atoms with Crippen molar-refractivity contribution in [3.63, 3.8) is 0 Å². The molecule has 0 saturated carbocycles. The lowest BCUT2D eigenvalue weighted by molar-refractivity contribution is -0.127. The van der Waals surface area contributed by atoms with Crippen molar-refractivity contribution < 1.29 is 23.5 Å². The maximum absolute atomic E-state index is 13.9. The molecule has 11 heteroatoms. The van der Waals surface area contributed by atoms with Crippen LogP contribution in [0, 0.1) is 11.2 Å². The molecular weight excluding hydrogens is 541 g/mol. The van der Waals surface area contributed by atoms with Crippen LogP contribution in [0.2, 0.25) is 0 Å². The first-order chi connectivity index (χ1) is 19.7. The lowest BCUT2D eigenvalue weighted by Crippen LogP contribution is -2.35. The van der Waals surface area contributed by atoms with E-state index in [0.717, 1.165) is 5.52 Å². The molecule has 0 unspecified atom stereocenters. The van der Waals surface area contributed by atoms with Gasteiger partial charge < -0.3 is 23.7 Å². The molecule has 1 aromatic carbocycles. The van der Waals surface area contributed by atoms with Crippen molar-refractivity contribution >= 4 is 28.8 Å². The standard InChI is InChI=1S/C31H40FN5O5/c1-31(2,3)20-37-24-15-14-22(32)18-23(24)33-27(37)19-36-16-10-11-21(29(36)40)17-25(38)26(42-30(41)35(6)7)12-8-9-13-28(39)34(4)5/h9-11,13-16,18,26H,8,12,17,19-20H2,1-7H3/b13-9+/t26-/m0/s1. The summed E-state index contributed by atoms with van der Waals surface area (Å²) in [7, 11) is 6.28. The molecule has 226 valence electrons. The van der Waals surface area contributed by atoms with E-state index >= 15 is 0 Å². The highest BCUT2D eigenvalue weighted by atomic mass is 19.1. The molecule has 42 heavy (non-hydrogen) atoms. The molecule has 3 rings (SSSR count). The average molecular weight is 582 g/mol. The molecule has 3 aromatic rings. The van der Waals surface area contributed by atoms with Crippen molar-refractivity contribution in [2.45, 2.75) is 59.2 Å². The largest absolute Gasteiger partial charge is 0.438 e. The van der Waals surface area contributed by atoms with Gasteiger partial charge in [0.25, 0.3) is 5.56 Å². The van der Waals surface area contributed by atoms with Crippen LogP contribution in [0.1, 0.15) is 45.0 Å². The third kappa shape index (κ3) is 8.61. The second kappa shape index (κ2) is 13.6. The Labute approximate surface area is 245 Å². The Balaban J connectivity index is 1.85. The van der Waals surface area contributed by atoms with Gasteiger partial charge in [-0.3, -0.25) is 14.4 Å². The van der Waals surface area contributed by atoms with Gasteiger partial charge in [-0.2, -0.15) is 0 Å². The molecule has 10 nitrogen and oxygen atoms in total. The van der Waals surface area contributed by atoms with Gasteiger partial charge in [-0.15, -0.1) is 0 Å². The Morgan fingerprint density at radius 3 is 2.45 bits per heavy atom. The molecule has 0 N–H and O–H groups in total. The van der Waals surface area contributed by atoms with Gasteiger partial charge in [0.2, 0.25) is 5.91 Å². The number of ether oxygens (including phenoxy) is 1. The van der Waals surface area contributed by atoms with Gasteiger partial charge in [0.15, 0.2) is 11.9 Å². The van der Waals surface area contributed by atoms with Crippen LogP contribution in [-0.4, -0.2) is 76.0 Å². The second-order valence-corrected chi connectivity index (χ2v) is 11.9. The lowest BCUT2D eigenvalue weighted by Gasteiger charge is -2.21. The van der Waals surface area contributed by atoms with Crippen molar-refractivity contribution in [3.05, 3.63) is 76.2 Å². The van der Waals surface area contributed by atoms with Crippen LogP contribution in [0.5, 0.6) is 0 Å². The molecule has 0 saturated heterocycles. The summed E-state index contributed by atoms with van der Waals surface area (Å²) in [6, 6.07) is 7.70. The molecular formula is C31H40FN5O5. The topological polar surface area (TPSA) is 107 Å². The zero-order valence-electron chi connectivity index (χ0n) is 25.4. The molecule has 1 atom stereocenters. The molecule has 2 aromatic heterocycles. The third-order valence-corrected chi connectivity index (χ3v) is 6.46. The fourth-order valence-corrected chi connectivity index (χ4v) is 4.32.